The number of rotatable bonds is 5. The smallest absolute Gasteiger partial charge is 0.222 e. The Labute approximate surface area is 149 Å². The van der Waals surface area contributed by atoms with Crippen LogP contribution in [0.3, 0.4) is 0 Å². The number of ether oxygens (including phenoxy) is 1. The molecule has 2 fully saturated rings. The highest BCUT2D eigenvalue weighted by Crippen LogP contribution is 2.35. The number of hydrogen-bond acceptors (Lipinski definition) is 3. The van der Waals surface area contributed by atoms with E-state index in [0.717, 1.165) is 23.7 Å². The zero-order valence-electron chi connectivity index (χ0n) is 14.1. The quantitative estimate of drug-likeness (QED) is 0.855. The number of carbonyl (C=O) groups is 1. The number of halogens is 1. The molecule has 1 saturated heterocycles. The van der Waals surface area contributed by atoms with Crippen LogP contribution >= 0.6 is 11.6 Å². The molecule has 2 aliphatic rings. The standard InChI is InChI=1S/C19H27ClN2O2/c20-16-8-4-7-15(11-16)19(14-5-2-1-3-6-14)22-18(23)12-17-13-24-10-9-21-17/h4,7-8,11,14,17,19,21H,1-3,5-6,9-10,12-13H2,(H,22,23). The van der Waals surface area contributed by atoms with Gasteiger partial charge in [-0.05, 0) is 36.5 Å². The Kier molecular flexibility index (Phi) is 6.52. The van der Waals surface area contributed by atoms with E-state index in [1.165, 1.54) is 32.1 Å². The molecule has 0 aromatic heterocycles. The van der Waals surface area contributed by atoms with Gasteiger partial charge >= 0.3 is 0 Å². The molecule has 132 valence electrons. The van der Waals surface area contributed by atoms with Gasteiger partial charge in [-0.2, -0.15) is 0 Å². The SMILES string of the molecule is O=C(CC1COCCN1)NC(c1cccc(Cl)c1)C1CCCCC1. The van der Waals surface area contributed by atoms with Gasteiger partial charge < -0.3 is 15.4 Å². The zero-order chi connectivity index (χ0) is 16.8. The Bertz CT molecular complexity index is 540. The average Bonchev–Trinajstić information content (AvgIpc) is 2.61. The topological polar surface area (TPSA) is 50.4 Å². The third-order valence-electron chi connectivity index (χ3n) is 5.08. The summed E-state index contributed by atoms with van der Waals surface area (Å²) in [7, 11) is 0. The van der Waals surface area contributed by atoms with Gasteiger partial charge in [0.25, 0.3) is 0 Å². The van der Waals surface area contributed by atoms with Crippen LogP contribution in [0.1, 0.15) is 50.1 Å². The predicted octanol–water partition coefficient (Wildman–Crippen LogP) is 3.46. The van der Waals surface area contributed by atoms with Gasteiger partial charge in [-0.3, -0.25) is 4.79 Å². The minimum atomic E-state index is 0.0565. The monoisotopic (exact) mass is 350 g/mol. The Balaban J connectivity index is 1.67. The molecule has 0 radical (unpaired) electrons. The van der Waals surface area contributed by atoms with Gasteiger partial charge in [0.1, 0.15) is 0 Å². The van der Waals surface area contributed by atoms with Crippen LogP contribution in [0, 0.1) is 5.92 Å². The molecule has 1 aromatic carbocycles. The van der Waals surface area contributed by atoms with Crippen LogP contribution < -0.4 is 10.6 Å². The van der Waals surface area contributed by atoms with Crippen LogP contribution in [0.15, 0.2) is 24.3 Å². The number of morpholine rings is 1. The van der Waals surface area contributed by atoms with Crippen molar-refractivity contribution in [3.05, 3.63) is 34.9 Å². The summed E-state index contributed by atoms with van der Waals surface area (Å²) in [6.45, 7) is 2.16. The molecule has 4 nitrogen and oxygen atoms in total. The lowest BCUT2D eigenvalue weighted by Crippen LogP contribution is -2.45. The first kappa shape index (κ1) is 17.7. The molecule has 2 atom stereocenters. The first-order valence-corrected chi connectivity index (χ1v) is 9.46. The summed E-state index contributed by atoms with van der Waals surface area (Å²) in [6.07, 6.45) is 6.59. The van der Waals surface area contributed by atoms with Crippen molar-refractivity contribution in [3.8, 4) is 0 Å². The highest BCUT2D eigenvalue weighted by molar-refractivity contribution is 6.30. The lowest BCUT2D eigenvalue weighted by atomic mass is 9.81. The van der Waals surface area contributed by atoms with Crippen molar-refractivity contribution in [2.45, 2.75) is 50.6 Å². The number of hydrogen-bond donors (Lipinski definition) is 2. The molecule has 0 spiro atoms. The third-order valence-corrected chi connectivity index (χ3v) is 5.31. The Morgan fingerprint density at radius 1 is 1.33 bits per heavy atom. The lowest BCUT2D eigenvalue weighted by molar-refractivity contribution is -0.123. The second-order valence-corrected chi connectivity index (χ2v) is 7.36. The van der Waals surface area contributed by atoms with Gasteiger partial charge in [0.15, 0.2) is 0 Å². The molecule has 3 rings (SSSR count). The van der Waals surface area contributed by atoms with Crippen molar-refractivity contribution in [1.82, 2.24) is 10.6 Å². The van der Waals surface area contributed by atoms with E-state index in [2.05, 4.69) is 16.7 Å². The maximum atomic E-state index is 12.6. The summed E-state index contributed by atoms with van der Waals surface area (Å²) in [5, 5.41) is 7.36. The summed E-state index contributed by atoms with van der Waals surface area (Å²) in [5.41, 5.74) is 1.12. The molecule has 1 amide bonds. The Hall–Kier alpha value is -1.10. The number of carbonyl (C=O) groups excluding carboxylic acids is 1. The molecular formula is C19H27ClN2O2. The molecule has 1 heterocycles. The van der Waals surface area contributed by atoms with Gasteiger partial charge in [0, 0.05) is 24.0 Å². The van der Waals surface area contributed by atoms with Crippen molar-refractivity contribution in [1.29, 1.82) is 0 Å². The van der Waals surface area contributed by atoms with E-state index < -0.39 is 0 Å². The van der Waals surface area contributed by atoms with Crippen LogP contribution in [0.4, 0.5) is 0 Å². The Morgan fingerprint density at radius 3 is 2.88 bits per heavy atom. The number of nitrogens with one attached hydrogen (secondary N) is 2. The highest BCUT2D eigenvalue weighted by Gasteiger charge is 2.27. The molecule has 1 aromatic rings. The molecule has 1 saturated carbocycles. The fourth-order valence-electron chi connectivity index (χ4n) is 3.85. The molecule has 0 bridgehead atoms. The van der Waals surface area contributed by atoms with Crippen molar-refractivity contribution < 1.29 is 9.53 Å². The minimum Gasteiger partial charge on any atom is -0.378 e. The highest BCUT2D eigenvalue weighted by atomic mass is 35.5. The molecule has 2 N–H and O–H groups in total. The van der Waals surface area contributed by atoms with E-state index in [-0.39, 0.29) is 18.0 Å². The van der Waals surface area contributed by atoms with Crippen molar-refractivity contribution in [2.75, 3.05) is 19.8 Å². The maximum absolute atomic E-state index is 12.6. The van der Waals surface area contributed by atoms with Crippen molar-refractivity contribution in [2.24, 2.45) is 5.92 Å². The van der Waals surface area contributed by atoms with Crippen molar-refractivity contribution in [3.63, 3.8) is 0 Å². The maximum Gasteiger partial charge on any atom is 0.222 e. The summed E-state index contributed by atoms with van der Waals surface area (Å²) >= 11 is 6.18. The summed E-state index contributed by atoms with van der Waals surface area (Å²) in [4.78, 5) is 12.6. The van der Waals surface area contributed by atoms with E-state index in [1.807, 2.05) is 18.2 Å². The first-order valence-electron chi connectivity index (χ1n) is 9.08. The average molecular weight is 351 g/mol. The summed E-state index contributed by atoms with van der Waals surface area (Å²) in [5.74, 6) is 0.588. The largest absolute Gasteiger partial charge is 0.378 e. The first-order chi connectivity index (χ1) is 11.7. The predicted molar refractivity (Wildman–Crippen MR) is 96.1 cm³/mol. The van der Waals surface area contributed by atoms with E-state index in [1.54, 1.807) is 0 Å². The second-order valence-electron chi connectivity index (χ2n) is 6.93. The van der Waals surface area contributed by atoms with E-state index in [4.69, 9.17) is 16.3 Å². The van der Waals surface area contributed by atoms with Crippen LogP contribution in [-0.4, -0.2) is 31.7 Å². The fraction of sp³-hybridized carbons (Fsp3) is 0.632. The molecule has 5 heteroatoms. The van der Waals surface area contributed by atoms with Crippen LogP contribution in [0.2, 0.25) is 5.02 Å². The van der Waals surface area contributed by atoms with E-state index in [0.29, 0.717) is 18.9 Å². The normalized spacial score (nSPS) is 23.6. The van der Waals surface area contributed by atoms with Gasteiger partial charge in [-0.1, -0.05) is 43.0 Å². The van der Waals surface area contributed by atoms with E-state index in [9.17, 15) is 4.79 Å². The second kappa shape index (κ2) is 8.84. The Morgan fingerprint density at radius 2 is 2.17 bits per heavy atom. The minimum absolute atomic E-state index is 0.0565. The molecule has 1 aliphatic heterocycles. The third kappa shape index (κ3) is 4.95. The van der Waals surface area contributed by atoms with Gasteiger partial charge in [0.2, 0.25) is 5.91 Å². The molecule has 2 unspecified atom stereocenters. The zero-order valence-corrected chi connectivity index (χ0v) is 14.9. The van der Waals surface area contributed by atoms with Crippen molar-refractivity contribution >= 4 is 17.5 Å². The van der Waals surface area contributed by atoms with Gasteiger partial charge in [-0.25, -0.2) is 0 Å². The van der Waals surface area contributed by atoms with E-state index >= 15 is 0 Å². The van der Waals surface area contributed by atoms with Gasteiger partial charge in [-0.15, -0.1) is 0 Å². The van der Waals surface area contributed by atoms with Crippen LogP contribution in [0.5, 0.6) is 0 Å². The lowest BCUT2D eigenvalue weighted by Gasteiger charge is -2.32. The summed E-state index contributed by atoms with van der Waals surface area (Å²) < 4.78 is 5.44. The molecular weight excluding hydrogens is 324 g/mol. The van der Waals surface area contributed by atoms with Crippen LogP contribution in [-0.2, 0) is 9.53 Å². The van der Waals surface area contributed by atoms with Crippen LogP contribution in [0.25, 0.3) is 0 Å². The number of benzene rings is 1. The van der Waals surface area contributed by atoms with Gasteiger partial charge in [0.05, 0.1) is 19.3 Å². The summed E-state index contributed by atoms with van der Waals surface area (Å²) in [6, 6.07) is 8.09. The number of amides is 1. The molecule has 24 heavy (non-hydrogen) atoms. The fourth-order valence-corrected chi connectivity index (χ4v) is 4.05. The molecule has 1 aliphatic carbocycles.